The molecule has 11 heteroatoms. The summed E-state index contributed by atoms with van der Waals surface area (Å²) in [6.45, 7) is -0.622. The van der Waals surface area contributed by atoms with Gasteiger partial charge in [-0.2, -0.15) is 13.2 Å². The summed E-state index contributed by atoms with van der Waals surface area (Å²) in [4.78, 5) is 30.6. The number of carbonyl (C=O) groups is 2. The van der Waals surface area contributed by atoms with E-state index in [-0.39, 0.29) is 22.8 Å². The van der Waals surface area contributed by atoms with Crippen molar-refractivity contribution in [2.75, 3.05) is 20.7 Å². The Hall–Kier alpha value is -4.05. The normalized spacial score (nSPS) is 12.3. The molecule has 4 rings (SSSR count). The predicted molar refractivity (Wildman–Crippen MR) is 129 cm³/mol. The number of likely N-dealkylation sites (N-methyl/N-ethyl adjacent to an activating group) is 1. The van der Waals surface area contributed by atoms with Gasteiger partial charge in [-0.05, 0) is 42.5 Å². The van der Waals surface area contributed by atoms with Crippen molar-refractivity contribution in [2.24, 2.45) is 0 Å². The summed E-state index contributed by atoms with van der Waals surface area (Å²) < 4.78 is 57.0. The van der Waals surface area contributed by atoms with E-state index in [9.17, 15) is 22.8 Å². The molecule has 0 saturated heterocycles. The van der Waals surface area contributed by atoms with Crippen LogP contribution in [0.25, 0.3) is 22.6 Å². The van der Waals surface area contributed by atoms with Crippen molar-refractivity contribution in [2.45, 2.75) is 12.3 Å². The van der Waals surface area contributed by atoms with Gasteiger partial charge in [0.1, 0.15) is 11.3 Å². The van der Waals surface area contributed by atoms with Crippen LogP contribution in [0.1, 0.15) is 17.2 Å². The van der Waals surface area contributed by atoms with Crippen LogP contribution in [-0.4, -0.2) is 42.5 Å². The smallest absolute Gasteiger partial charge is 0.416 e. The van der Waals surface area contributed by atoms with E-state index >= 15 is 0 Å². The van der Waals surface area contributed by atoms with Gasteiger partial charge in [-0.3, -0.25) is 4.79 Å². The number of aromatic nitrogens is 1. The summed E-state index contributed by atoms with van der Waals surface area (Å²) in [6, 6.07) is 15.5. The third-order valence-electron chi connectivity index (χ3n) is 5.28. The summed E-state index contributed by atoms with van der Waals surface area (Å²) in [5, 5.41) is 0.305. The molecule has 0 fully saturated rings. The predicted octanol–water partition coefficient (Wildman–Crippen LogP) is 5.92. The second-order valence-corrected chi connectivity index (χ2v) is 8.58. The van der Waals surface area contributed by atoms with E-state index < -0.39 is 36.3 Å². The number of hydrogen-bond acceptors (Lipinski definition) is 6. The zero-order valence-electron chi connectivity index (χ0n) is 19.6. The Morgan fingerprint density at radius 3 is 2.51 bits per heavy atom. The maximum absolute atomic E-state index is 13.4. The lowest BCUT2D eigenvalue weighted by Crippen LogP contribution is -2.30. The highest BCUT2D eigenvalue weighted by Gasteiger charge is 2.33. The first-order chi connectivity index (χ1) is 17.5. The fourth-order valence-electron chi connectivity index (χ4n) is 3.35. The molecule has 1 unspecified atom stereocenters. The highest BCUT2D eigenvalue weighted by atomic mass is 35.5. The summed E-state index contributed by atoms with van der Waals surface area (Å²) in [5.74, 6) is -1.41. The van der Waals surface area contributed by atoms with Gasteiger partial charge < -0.3 is 18.8 Å². The van der Waals surface area contributed by atoms with Gasteiger partial charge in [0.25, 0.3) is 5.91 Å². The average molecular weight is 533 g/mol. The minimum Gasteiger partial charge on any atom is -0.473 e. The van der Waals surface area contributed by atoms with Gasteiger partial charge in [0.05, 0.1) is 11.1 Å². The van der Waals surface area contributed by atoms with E-state index in [1.165, 1.54) is 43.3 Å². The van der Waals surface area contributed by atoms with Crippen LogP contribution in [0.4, 0.5) is 13.2 Å². The van der Waals surface area contributed by atoms with Crippen molar-refractivity contribution >= 4 is 34.6 Å². The first-order valence-corrected chi connectivity index (χ1v) is 11.3. The van der Waals surface area contributed by atoms with Crippen LogP contribution in [0.5, 0.6) is 5.75 Å². The van der Waals surface area contributed by atoms with E-state index in [0.29, 0.717) is 16.1 Å². The standard InChI is InChI=1S/C26H20ClF3N2O5/c1-32(2)22(33)14-35-25(34)23(15-6-5-7-16(12-15)26(28,29)30)36-20-11-10-17(27)13-18(20)24-31-19-8-3-4-9-21(19)37-24/h3-13,23H,14H2,1-2H3. The molecule has 0 N–H and O–H groups in total. The average Bonchev–Trinajstić information content (AvgIpc) is 3.30. The molecule has 4 aromatic rings. The van der Waals surface area contributed by atoms with Gasteiger partial charge in [-0.15, -0.1) is 0 Å². The van der Waals surface area contributed by atoms with Gasteiger partial charge in [0, 0.05) is 24.7 Å². The maximum atomic E-state index is 13.4. The van der Waals surface area contributed by atoms with Crippen LogP contribution in [0, 0.1) is 0 Å². The number of oxazole rings is 1. The zero-order valence-corrected chi connectivity index (χ0v) is 20.3. The first kappa shape index (κ1) is 26.0. The summed E-state index contributed by atoms with van der Waals surface area (Å²) >= 11 is 6.18. The van der Waals surface area contributed by atoms with Crippen LogP contribution in [0.15, 0.2) is 71.1 Å². The van der Waals surface area contributed by atoms with Crippen molar-refractivity contribution in [3.63, 3.8) is 0 Å². The number of amides is 1. The molecule has 0 bridgehead atoms. The van der Waals surface area contributed by atoms with Crippen molar-refractivity contribution in [3.05, 3.63) is 82.9 Å². The number of para-hydroxylation sites is 2. The molecule has 0 spiro atoms. The second-order valence-electron chi connectivity index (χ2n) is 8.14. The molecule has 192 valence electrons. The Morgan fingerprint density at radius 2 is 1.81 bits per heavy atom. The Labute approximate surface area is 214 Å². The molecular formula is C26H20ClF3N2O5. The van der Waals surface area contributed by atoms with Gasteiger partial charge in [0.2, 0.25) is 12.0 Å². The lowest BCUT2D eigenvalue weighted by atomic mass is 10.1. The maximum Gasteiger partial charge on any atom is 0.416 e. The number of alkyl halides is 3. The van der Waals surface area contributed by atoms with Crippen LogP contribution >= 0.6 is 11.6 Å². The molecule has 0 saturated carbocycles. The number of benzene rings is 3. The van der Waals surface area contributed by atoms with Crippen LogP contribution in [0.2, 0.25) is 5.02 Å². The molecular weight excluding hydrogens is 513 g/mol. The lowest BCUT2D eigenvalue weighted by molar-refractivity contribution is -0.157. The van der Waals surface area contributed by atoms with E-state index in [2.05, 4.69) is 4.98 Å². The third-order valence-corrected chi connectivity index (χ3v) is 5.51. The molecule has 1 heterocycles. The number of nitrogens with zero attached hydrogens (tertiary/aromatic N) is 2. The van der Waals surface area contributed by atoms with Crippen LogP contribution < -0.4 is 4.74 Å². The minimum absolute atomic E-state index is 0.0502. The second kappa shape index (κ2) is 10.5. The fourth-order valence-corrected chi connectivity index (χ4v) is 3.53. The first-order valence-electron chi connectivity index (χ1n) is 10.9. The fraction of sp³-hybridized carbons (Fsp3) is 0.192. The van der Waals surface area contributed by atoms with Crippen LogP contribution in [0.3, 0.4) is 0 Å². The summed E-state index contributed by atoms with van der Waals surface area (Å²) in [5.41, 5.74) is 0.193. The number of esters is 1. The SMILES string of the molecule is CN(C)C(=O)COC(=O)C(Oc1ccc(Cl)cc1-c1nc2ccccc2o1)c1cccc(C(F)(F)F)c1. The monoisotopic (exact) mass is 532 g/mol. The molecule has 1 atom stereocenters. The minimum atomic E-state index is -4.66. The highest BCUT2D eigenvalue weighted by molar-refractivity contribution is 6.30. The van der Waals surface area contributed by atoms with E-state index in [0.717, 1.165) is 18.2 Å². The van der Waals surface area contributed by atoms with Gasteiger partial charge in [-0.25, -0.2) is 9.78 Å². The topological polar surface area (TPSA) is 81.9 Å². The number of hydrogen-bond donors (Lipinski definition) is 0. The number of halogens is 4. The quantitative estimate of drug-likeness (QED) is 0.275. The van der Waals surface area contributed by atoms with Crippen molar-refractivity contribution < 1.29 is 36.7 Å². The number of rotatable bonds is 7. The summed E-state index contributed by atoms with van der Waals surface area (Å²) in [6.07, 6.45) is -6.31. The number of carbonyl (C=O) groups excluding carboxylic acids is 2. The van der Waals surface area contributed by atoms with Crippen LogP contribution in [-0.2, 0) is 20.5 Å². The molecule has 37 heavy (non-hydrogen) atoms. The van der Waals surface area contributed by atoms with E-state index in [1.54, 1.807) is 24.3 Å². The number of ether oxygens (including phenoxy) is 2. The lowest BCUT2D eigenvalue weighted by Gasteiger charge is -2.21. The van der Waals surface area contributed by atoms with Gasteiger partial charge in [-0.1, -0.05) is 35.9 Å². The number of fused-ring (bicyclic) bond motifs is 1. The Morgan fingerprint density at radius 1 is 1.05 bits per heavy atom. The summed E-state index contributed by atoms with van der Waals surface area (Å²) in [7, 11) is 2.94. The van der Waals surface area contributed by atoms with Crippen molar-refractivity contribution in [1.82, 2.24) is 9.88 Å². The molecule has 0 aliphatic rings. The van der Waals surface area contributed by atoms with E-state index in [4.69, 9.17) is 25.5 Å². The van der Waals surface area contributed by atoms with Gasteiger partial charge in [0.15, 0.2) is 12.2 Å². The van der Waals surface area contributed by atoms with Crippen molar-refractivity contribution in [1.29, 1.82) is 0 Å². The molecule has 0 aliphatic heterocycles. The Kier molecular flexibility index (Phi) is 7.40. The molecule has 1 amide bonds. The molecule has 0 aliphatic carbocycles. The highest BCUT2D eigenvalue weighted by Crippen LogP contribution is 2.38. The third kappa shape index (κ3) is 6.03. The van der Waals surface area contributed by atoms with E-state index in [1.807, 2.05) is 0 Å². The molecule has 7 nitrogen and oxygen atoms in total. The molecule has 1 aromatic heterocycles. The zero-order chi connectivity index (χ0) is 26.7. The Bertz CT molecular complexity index is 1420. The molecule has 0 radical (unpaired) electrons. The van der Waals surface area contributed by atoms with Gasteiger partial charge >= 0.3 is 12.1 Å². The largest absolute Gasteiger partial charge is 0.473 e. The van der Waals surface area contributed by atoms with Crippen molar-refractivity contribution in [3.8, 4) is 17.2 Å². The Balaban J connectivity index is 1.75. The molecule has 3 aromatic carbocycles.